The number of para-hydroxylation sites is 1. The summed E-state index contributed by atoms with van der Waals surface area (Å²) in [6.45, 7) is 5.02. The molecule has 3 aromatic rings. The Hall–Kier alpha value is -3.43. The van der Waals surface area contributed by atoms with Gasteiger partial charge in [0.2, 0.25) is 5.95 Å². The number of nitrogen functional groups attached to an aromatic ring is 1. The lowest BCUT2D eigenvalue weighted by atomic mass is 9.98. The van der Waals surface area contributed by atoms with Crippen molar-refractivity contribution in [1.82, 2.24) is 24.6 Å². The van der Waals surface area contributed by atoms with Gasteiger partial charge in [0.1, 0.15) is 18.2 Å². The number of carbonyl (C=O) groups is 1. The standard InChI is InChI=1S/C24H32F2N7O7P/c1-12(2)38-21(35)13(3)32-41(36,40-15-9-7-6-8-14(15)25)37-10-16-18(34)24(4,26)22(39-16)33-11-29-17-19(28-5)30-23(27)31-20(17)33/h6-9,11-13,16,18,22,34H,10H2,1-5H3,(H,32,36)(H3,27,28,30,31)/t13-,16+,18+,22+,24+,41-/m0/s1. The Morgan fingerprint density at radius 3 is 2.68 bits per heavy atom. The van der Waals surface area contributed by atoms with Crippen molar-refractivity contribution in [2.24, 2.45) is 0 Å². The minimum absolute atomic E-state index is 0.106. The van der Waals surface area contributed by atoms with Gasteiger partial charge in [-0.25, -0.2) is 18.3 Å². The Labute approximate surface area is 234 Å². The summed E-state index contributed by atoms with van der Waals surface area (Å²) in [6, 6.07) is 3.90. The Morgan fingerprint density at radius 2 is 2.02 bits per heavy atom. The van der Waals surface area contributed by atoms with Crippen LogP contribution in [0.15, 0.2) is 30.6 Å². The van der Waals surface area contributed by atoms with Crippen molar-refractivity contribution in [3.8, 4) is 5.75 Å². The van der Waals surface area contributed by atoms with E-state index in [4.69, 9.17) is 24.3 Å². The topological polar surface area (TPSA) is 185 Å². The first-order chi connectivity index (χ1) is 19.3. The van der Waals surface area contributed by atoms with Gasteiger partial charge in [0.05, 0.1) is 19.0 Å². The largest absolute Gasteiger partial charge is 0.462 e. The predicted molar refractivity (Wildman–Crippen MR) is 143 cm³/mol. The summed E-state index contributed by atoms with van der Waals surface area (Å²) >= 11 is 0. The van der Waals surface area contributed by atoms with E-state index in [1.807, 2.05) is 0 Å². The van der Waals surface area contributed by atoms with Crippen molar-refractivity contribution < 1.29 is 41.8 Å². The van der Waals surface area contributed by atoms with Crippen LogP contribution in [0, 0.1) is 5.82 Å². The van der Waals surface area contributed by atoms with E-state index >= 15 is 4.39 Å². The van der Waals surface area contributed by atoms with Gasteiger partial charge in [-0.3, -0.25) is 13.9 Å². The van der Waals surface area contributed by atoms with E-state index < -0.39 is 68.1 Å². The number of halogens is 2. The summed E-state index contributed by atoms with van der Waals surface area (Å²) in [7, 11) is -2.95. The van der Waals surface area contributed by atoms with Crippen LogP contribution in [0.4, 0.5) is 20.5 Å². The maximum Gasteiger partial charge on any atom is 0.459 e. The van der Waals surface area contributed by atoms with Crippen molar-refractivity contribution in [2.45, 2.75) is 63.9 Å². The molecule has 1 aliphatic rings. The molecule has 0 aliphatic carbocycles. The normalized spacial score (nSPS) is 24.8. The first kappa shape index (κ1) is 30.5. The average Bonchev–Trinajstić information content (AvgIpc) is 3.41. The van der Waals surface area contributed by atoms with Crippen molar-refractivity contribution in [3.63, 3.8) is 0 Å². The van der Waals surface area contributed by atoms with Crippen molar-refractivity contribution in [1.29, 1.82) is 0 Å². The van der Waals surface area contributed by atoms with Crippen LogP contribution in [-0.4, -0.2) is 74.3 Å². The van der Waals surface area contributed by atoms with E-state index in [0.29, 0.717) is 5.82 Å². The van der Waals surface area contributed by atoms with Gasteiger partial charge in [-0.2, -0.15) is 15.1 Å². The van der Waals surface area contributed by atoms with E-state index in [-0.39, 0.29) is 17.1 Å². The second kappa shape index (κ2) is 11.8. The fourth-order valence-corrected chi connectivity index (χ4v) is 5.67. The number of alkyl halides is 1. The molecule has 1 saturated heterocycles. The average molecular weight is 600 g/mol. The van der Waals surface area contributed by atoms with Crippen molar-refractivity contribution in [2.75, 3.05) is 24.7 Å². The molecule has 41 heavy (non-hydrogen) atoms. The number of hydrogen-bond donors (Lipinski definition) is 4. The predicted octanol–water partition coefficient (Wildman–Crippen LogP) is 2.71. The van der Waals surface area contributed by atoms with E-state index in [1.165, 1.54) is 36.0 Å². The van der Waals surface area contributed by atoms with Gasteiger partial charge in [-0.1, -0.05) is 12.1 Å². The number of carbonyl (C=O) groups excluding carboxylic acids is 1. The molecule has 4 rings (SSSR count). The second-order valence-corrected chi connectivity index (χ2v) is 11.5. The molecule has 1 aliphatic heterocycles. The number of nitrogens with zero attached hydrogens (tertiary/aromatic N) is 4. The molecule has 0 saturated carbocycles. The van der Waals surface area contributed by atoms with E-state index in [0.717, 1.165) is 13.0 Å². The minimum atomic E-state index is -4.55. The molecule has 0 bridgehead atoms. The number of hydrogen-bond acceptors (Lipinski definition) is 12. The van der Waals surface area contributed by atoms with E-state index in [1.54, 1.807) is 20.9 Å². The summed E-state index contributed by atoms with van der Waals surface area (Å²) < 4.78 is 67.1. The molecular weight excluding hydrogens is 567 g/mol. The van der Waals surface area contributed by atoms with E-state index in [2.05, 4.69) is 25.4 Å². The molecule has 2 aromatic heterocycles. The Morgan fingerprint density at radius 1 is 1.32 bits per heavy atom. The minimum Gasteiger partial charge on any atom is -0.462 e. The van der Waals surface area contributed by atoms with E-state index in [9.17, 15) is 18.9 Å². The number of ether oxygens (including phenoxy) is 2. The first-order valence-electron chi connectivity index (χ1n) is 12.6. The smallest absolute Gasteiger partial charge is 0.459 e. The van der Waals surface area contributed by atoms with Crippen LogP contribution < -0.4 is 20.7 Å². The number of nitrogens with one attached hydrogen (secondary N) is 2. The number of esters is 1. The second-order valence-electron chi connectivity index (χ2n) is 9.78. The number of rotatable bonds is 11. The lowest BCUT2D eigenvalue weighted by Crippen LogP contribution is -2.41. The summed E-state index contributed by atoms with van der Waals surface area (Å²) in [5.41, 5.74) is 3.79. The van der Waals surface area contributed by atoms with Crippen molar-refractivity contribution >= 4 is 36.6 Å². The first-order valence-corrected chi connectivity index (χ1v) is 14.2. The number of aliphatic hydroxyl groups excluding tert-OH is 1. The monoisotopic (exact) mass is 599 g/mol. The number of nitrogens with two attached hydrogens (primary N) is 1. The van der Waals surface area contributed by atoms with Crippen LogP contribution in [0.3, 0.4) is 0 Å². The SMILES string of the molecule is CNc1nc(N)nc2c1ncn2[C@@H]1O[C@H](CO[P@@](=O)(N[C@@H](C)C(=O)OC(C)C)Oc2ccccc2F)[C@@H](O)[C@@]1(C)F. The van der Waals surface area contributed by atoms with Crippen LogP contribution in [0.5, 0.6) is 5.75 Å². The van der Waals surface area contributed by atoms with Gasteiger partial charge in [0, 0.05) is 7.05 Å². The zero-order valence-electron chi connectivity index (χ0n) is 22.9. The van der Waals surface area contributed by atoms with Crippen LogP contribution >= 0.6 is 7.75 Å². The molecule has 6 atom stereocenters. The summed E-state index contributed by atoms with van der Waals surface area (Å²) in [6.07, 6.45) is -3.86. The number of anilines is 2. The van der Waals surface area contributed by atoms with Crippen molar-refractivity contribution in [3.05, 3.63) is 36.4 Å². The van der Waals surface area contributed by atoms with Gasteiger partial charge in [-0.15, -0.1) is 0 Å². The van der Waals surface area contributed by atoms with Gasteiger partial charge in [0.15, 0.2) is 40.4 Å². The van der Waals surface area contributed by atoms with Crippen LogP contribution in [0.1, 0.15) is 33.9 Å². The molecule has 224 valence electrons. The highest BCUT2D eigenvalue weighted by Gasteiger charge is 2.56. The highest BCUT2D eigenvalue weighted by atomic mass is 31.2. The zero-order chi connectivity index (χ0) is 30.1. The Kier molecular flexibility index (Phi) is 8.80. The maximum absolute atomic E-state index is 16.0. The third kappa shape index (κ3) is 6.41. The highest BCUT2D eigenvalue weighted by Crippen LogP contribution is 2.48. The zero-order valence-corrected chi connectivity index (χ0v) is 23.8. The quantitative estimate of drug-likeness (QED) is 0.186. The molecule has 14 nitrogen and oxygen atoms in total. The summed E-state index contributed by atoms with van der Waals surface area (Å²) in [4.78, 5) is 24.7. The lowest BCUT2D eigenvalue weighted by Gasteiger charge is -2.25. The summed E-state index contributed by atoms with van der Waals surface area (Å²) in [5, 5.41) is 16.1. The van der Waals surface area contributed by atoms with Gasteiger partial charge in [-0.05, 0) is 39.8 Å². The Bertz CT molecular complexity index is 1460. The number of imidazole rings is 1. The van der Waals surface area contributed by atoms with Gasteiger partial charge in [0.25, 0.3) is 0 Å². The molecule has 17 heteroatoms. The number of aliphatic hydroxyl groups is 1. The molecule has 3 heterocycles. The third-order valence-electron chi connectivity index (χ3n) is 6.17. The Balaban J connectivity index is 1.58. The molecule has 1 aromatic carbocycles. The molecular formula is C24H32F2N7O7P. The van der Waals surface area contributed by atoms with Crippen LogP contribution in [-0.2, 0) is 23.4 Å². The van der Waals surface area contributed by atoms with Crippen LogP contribution in [0.25, 0.3) is 11.2 Å². The van der Waals surface area contributed by atoms with Crippen LogP contribution in [0.2, 0.25) is 0 Å². The number of fused-ring (bicyclic) bond motifs is 1. The fourth-order valence-electron chi connectivity index (χ4n) is 4.16. The number of aromatic nitrogens is 4. The molecule has 0 spiro atoms. The summed E-state index contributed by atoms with van der Waals surface area (Å²) in [5.74, 6) is -1.86. The third-order valence-corrected chi connectivity index (χ3v) is 7.80. The maximum atomic E-state index is 16.0. The van der Waals surface area contributed by atoms with Gasteiger partial charge >= 0.3 is 13.7 Å². The lowest BCUT2D eigenvalue weighted by molar-refractivity contribution is -0.149. The molecule has 0 unspecified atom stereocenters. The molecule has 1 fully saturated rings. The molecule has 0 amide bonds. The molecule has 5 N–H and O–H groups in total. The number of benzene rings is 1. The van der Waals surface area contributed by atoms with Gasteiger partial charge < -0.3 is 30.2 Å². The molecule has 0 radical (unpaired) electrons. The highest BCUT2D eigenvalue weighted by molar-refractivity contribution is 7.52. The fraction of sp³-hybridized carbons (Fsp3) is 0.500.